The largest absolute Gasteiger partial charge is 0.262 e. The van der Waals surface area contributed by atoms with Crippen molar-refractivity contribution < 1.29 is 4.76 Å². The average Bonchev–Trinajstić information content (AvgIpc) is 2.19. The van der Waals surface area contributed by atoms with Gasteiger partial charge in [0, 0.05) is 21.7 Å². The third-order valence-electron chi connectivity index (χ3n) is 2.61. The zero-order valence-corrected chi connectivity index (χ0v) is 8.36. The lowest BCUT2D eigenvalue weighted by molar-refractivity contribution is -0.459. The molecule has 0 aliphatic carbocycles. The molecule has 2 heteroatoms. The molecule has 0 saturated heterocycles. The van der Waals surface area contributed by atoms with Gasteiger partial charge in [-0.25, -0.2) is 0 Å². The van der Waals surface area contributed by atoms with Crippen molar-refractivity contribution in [3.8, 4) is 0 Å². The van der Waals surface area contributed by atoms with Gasteiger partial charge in [-0.1, -0.05) is 18.2 Å². The molecular weight excluding hydrogens is 174 g/mol. The van der Waals surface area contributed by atoms with Gasteiger partial charge in [-0.05, 0) is 25.5 Å². The van der Waals surface area contributed by atoms with E-state index in [1.165, 1.54) is 5.57 Å². The lowest BCUT2D eigenvalue weighted by Gasteiger charge is -2.09. The predicted molar refractivity (Wildman–Crippen MR) is 56.8 cm³/mol. The molecule has 0 unspecified atom stereocenters. The zero-order valence-electron chi connectivity index (χ0n) is 8.36. The number of allylic oxidation sites excluding steroid dienone is 1. The molecule has 2 nitrogen and oxygen atoms in total. The molecule has 1 heterocycles. The summed E-state index contributed by atoms with van der Waals surface area (Å²) in [5, 5.41) is 0. The molecule has 2 rings (SSSR count). The van der Waals surface area contributed by atoms with Crippen LogP contribution in [0.15, 0.2) is 35.9 Å². The second kappa shape index (κ2) is 3.74. The van der Waals surface area contributed by atoms with Gasteiger partial charge < -0.3 is 0 Å². The third-order valence-corrected chi connectivity index (χ3v) is 2.61. The molecule has 0 bridgehead atoms. The van der Waals surface area contributed by atoms with Crippen LogP contribution in [0.25, 0.3) is 5.70 Å². The smallest absolute Gasteiger partial charge is 0.0622 e. The summed E-state index contributed by atoms with van der Waals surface area (Å²) in [5.74, 6) is 0. The van der Waals surface area contributed by atoms with Crippen molar-refractivity contribution in [3.05, 3.63) is 46.4 Å². The van der Waals surface area contributed by atoms with E-state index in [0.717, 1.165) is 28.9 Å². The highest BCUT2D eigenvalue weighted by Gasteiger charge is 2.26. The van der Waals surface area contributed by atoms with Gasteiger partial charge in [0.05, 0.1) is 5.56 Å². The van der Waals surface area contributed by atoms with Gasteiger partial charge in [0.25, 0.3) is 5.70 Å². The van der Waals surface area contributed by atoms with Gasteiger partial charge in [0.2, 0.25) is 0 Å². The first-order valence-corrected chi connectivity index (χ1v) is 4.99. The molecule has 0 atom stereocenters. The highest BCUT2D eigenvalue weighted by Crippen LogP contribution is 2.26. The van der Waals surface area contributed by atoms with Crippen LogP contribution < -0.4 is 0 Å². The summed E-state index contributed by atoms with van der Waals surface area (Å²) in [5.41, 5.74) is 3.12. The topological polar surface area (TPSA) is 20.1 Å². The summed E-state index contributed by atoms with van der Waals surface area (Å²) in [4.78, 5) is 11.7. The second-order valence-electron chi connectivity index (χ2n) is 3.70. The maximum Gasteiger partial charge on any atom is 0.262 e. The fourth-order valence-electron chi connectivity index (χ4n) is 1.92. The van der Waals surface area contributed by atoms with E-state index in [4.69, 9.17) is 0 Å². The Hall–Kier alpha value is -1.44. The minimum absolute atomic E-state index is 0.627. The Morgan fingerprint density at radius 1 is 1.21 bits per heavy atom. The molecule has 1 aliphatic heterocycles. The number of nitrogens with zero attached hydrogens (tertiary/aromatic N) is 1. The van der Waals surface area contributed by atoms with E-state index >= 15 is 0 Å². The van der Waals surface area contributed by atoms with E-state index in [1.54, 1.807) is 0 Å². The maximum absolute atomic E-state index is 11.7. The first-order valence-electron chi connectivity index (χ1n) is 4.99. The Morgan fingerprint density at radius 3 is 2.57 bits per heavy atom. The molecule has 1 aromatic carbocycles. The Bertz CT molecular complexity index is 379. The van der Waals surface area contributed by atoms with E-state index in [-0.39, 0.29) is 0 Å². The van der Waals surface area contributed by atoms with E-state index in [9.17, 15) is 4.91 Å². The molecule has 1 aliphatic rings. The quantitative estimate of drug-likeness (QED) is 0.620. The number of nitroso groups, excluding NO2 is 1. The van der Waals surface area contributed by atoms with Gasteiger partial charge in [0.15, 0.2) is 6.54 Å². The number of hydrogen-bond donors (Lipinski definition) is 0. The molecule has 72 valence electrons. The molecule has 0 spiro atoms. The van der Waals surface area contributed by atoms with Gasteiger partial charge in [-0.2, -0.15) is 0 Å². The van der Waals surface area contributed by atoms with Gasteiger partial charge in [-0.15, -0.1) is 0 Å². The molecule has 0 saturated carbocycles. The highest BCUT2D eigenvalue weighted by atomic mass is 16.3. The van der Waals surface area contributed by atoms with Crippen LogP contribution in [0, 0.1) is 4.91 Å². The van der Waals surface area contributed by atoms with Crippen molar-refractivity contribution in [2.45, 2.75) is 19.8 Å². The summed E-state index contributed by atoms with van der Waals surface area (Å²) < 4.78 is 1.12. The Kier molecular flexibility index (Phi) is 2.44. The third kappa shape index (κ3) is 1.60. The summed E-state index contributed by atoms with van der Waals surface area (Å²) in [6.45, 7) is 2.67. The molecule has 0 radical (unpaired) electrons. The van der Waals surface area contributed by atoms with Crippen molar-refractivity contribution in [2.75, 3.05) is 6.54 Å². The Labute approximate surface area is 83.8 Å². The van der Waals surface area contributed by atoms with Crippen LogP contribution >= 0.6 is 0 Å². The van der Waals surface area contributed by atoms with E-state index < -0.39 is 0 Å². The number of rotatable bonds is 1. The summed E-state index contributed by atoms with van der Waals surface area (Å²) in [6.07, 6.45) is 2.02. The van der Waals surface area contributed by atoms with Crippen LogP contribution in [-0.2, 0) is 0 Å². The fraction of sp³-hybridized carbons (Fsp3) is 0.333. The van der Waals surface area contributed by atoms with Gasteiger partial charge >= 0.3 is 0 Å². The van der Waals surface area contributed by atoms with E-state index in [1.807, 2.05) is 37.3 Å². The predicted octanol–water partition coefficient (Wildman–Crippen LogP) is 2.99. The fourth-order valence-corrected chi connectivity index (χ4v) is 1.92. The maximum atomic E-state index is 11.7. The minimum atomic E-state index is 0.627. The van der Waals surface area contributed by atoms with Crippen LogP contribution in [0.4, 0.5) is 0 Å². The summed E-state index contributed by atoms with van der Waals surface area (Å²) >= 11 is 0. The minimum Gasteiger partial charge on any atom is -0.0622 e. The summed E-state index contributed by atoms with van der Waals surface area (Å²) in [6, 6.07) is 9.90. The first kappa shape index (κ1) is 9.13. The standard InChI is InChI=1S/C12H14NO/c1-10-6-5-9-13(14)12(10)11-7-3-2-4-8-11/h2-4,7-8H,5-6,9H2,1H3/q+1. The van der Waals surface area contributed by atoms with Crippen molar-refractivity contribution in [2.24, 2.45) is 0 Å². The molecule has 0 amide bonds. The van der Waals surface area contributed by atoms with Gasteiger partial charge in [-0.3, -0.25) is 0 Å². The van der Waals surface area contributed by atoms with Crippen molar-refractivity contribution in [3.63, 3.8) is 0 Å². The van der Waals surface area contributed by atoms with Crippen LogP contribution in [0.5, 0.6) is 0 Å². The van der Waals surface area contributed by atoms with Crippen molar-refractivity contribution >= 4 is 5.70 Å². The average molecular weight is 188 g/mol. The van der Waals surface area contributed by atoms with E-state index in [2.05, 4.69) is 0 Å². The lowest BCUT2D eigenvalue weighted by Crippen LogP contribution is -2.15. The first-order chi connectivity index (χ1) is 6.79. The van der Waals surface area contributed by atoms with Crippen molar-refractivity contribution in [1.29, 1.82) is 0 Å². The lowest BCUT2D eigenvalue weighted by atomic mass is 10.0. The van der Waals surface area contributed by atoms with Crippen LogP contribution in [0.3, 0.4) is 0 Å². The number of benzene rings is 1. The molecule has 0 aromatic heterocycles. The molecular formula is C12H14NO+. The van der Waals surface area contributed by atoms with Crippen molar-refractivity contribution in [1.82, 2.24) is 0 Å². The SMILES string of the molecule is CC1=C(c2ccccc2)[N+](=O)CCC1. The summed E-state index contributed by atoms with van der Waals surface area (Å²) in [7, 11) is 0. The van der Waals surface area contributed by atoms with Crippen LogP contribution in [0.2, 0.25) is 0 Å². The Balaban J connectivity index is 2.46. The molecule has 1 aromatic rings. The zero-order chi connectivity index (χ0) is 9.97. The second-order valence-corrected chi connectivity index (χ2v) is 3.70. The van der Waals surface area contributed by atoms with Crippen LogP contribution in [-0.4, -0.2) is 11.3 Å². The monoisotopic (exact) mass is 188 g/mol. The molecule has 14 heavy (non-hydrogen) atoms. The van der Waals surface area contributed by atoms with E-state index in [0.29, 0.717) is 6.54 Å². The molecule has 0 fully saturated rings. The van der Waals surface area contributed by atoms with Gasteiger partial charge in [0.1, 0.15) is 0 Å². The molecule has 0 N–H and O–H groups in total. The van der Waals surface area contributed by atoms with Crippen LogP contribution in [0.1, 0.15) is 25.3 Å². The Morgan fingerprint density at radius 2 is 1.93 bits per heavy atom. The highest BCUT2D eigenvalue weighted by molar-refractivity contribution is 5.61. The normalized spacial score (nSPS) is 17.4. The number of hydrogen-bond acceptors (Lipinski definition) is 1.